The van der Waals surface area contributed by atoms with E-state index in [4.69, 9.17) is 0 Å². The number of hydrogen-bond acceptors (Lipinski definition) is 2. The first-order chi connectivity index (χ1) is 7.75. The summed E-state index contributed by atoms with van der Waals surface area (Å²) in [4.78, 5) is 0. The Kier molecular flexibility index (Phi) is 2.04. The molecule has 0 spiro atoms. The average Bonchev–Trinajstić information content (AvgIpc) is 2.83. The van der Waals surface area contributed by atoms with Gasteiger partial charge in [0.15, 0.2) is 0 Å². The quantitative estimate of drug-likeness (QED) is 0.768. The summed E-state index contributed by atoms with van der Waals surface area (Å²) in [6.45, 7) is 3.43. The number of nitrogens with one attached hydrogen (secondary N) is 2. The topological polar surface area (TPSA) is 40.7 Å². The van der Waals surface area contributed by atoms with Gasteiger partial charge in [0, 0.05) is 24.2 Å². The Morgan fingerprint density at radius 2 is 2.19 bits per heavy atom. The van der Waals surface area contributed by atoms with Crippen molar-refractivity contribution in [3.63, 3.8) is 0 Å². The van der Waals surface area contributed by atoms with Gasteiger partial charge in [-0.2, -0.15) is 5.10 Å². The van der Waals surface area contributed by atoms with Gasteiger partial charge in [-0.15, -0.1) is 0 Å². The van der Waals surface area contributed by atoms with Crippen molar-refractivity contribution >= 4 is 0 Å². The minimum atomic E-state index is -0.172. The summed E-state index contributed by atoms with van der Waals surface area (Å²) in [5, 5.41) is 10.6. The molecule has 1 aliphatic rings. The average molecular weight is 217 g/mol. The van der Waals surface area contributed by atoms with Crippen molar-refractivity contribution < 1.29 is 4.39 Å². The molecule has 0 saturated heterocycles. The fraction of sp³-hybridized carbons (Fsp3) is 0.250. The number of fused-ring (bicyclic) bond motifs is 1. The third kappa shape index (κ3) is 1.34. The van der Waals surface area contributed by atoms with Gasteiger partial charge in [-0.3, -0.25) is 5.10 Å². The lowest BCUT2D eigenvalue weighted by atomic mass is 10.0. The van der Waals surface area contributed by atoms with E-state index in [2.05, 4.69) is 15.5 Å². The second-order valence-corrected chi connectivity index (χ2v) is 4.10. The first kappa shape index (κ1) is 9.54. The van der Waals surface area contributed by atoms with Crippen molar-refractivity contribution in [2.24, 2.45) is 0 Å². The van der Waals surface area contributed by atoms with Crippen molar-refractivity contribution in [1.29, 1.82) is 0 Å². The van der Waals surface area contributed by atoms with Crippen molar-refractivity contribution in [3.8, 4) is 11.3 Å². The lowest BCUT2D eigenvalue weighted by Gasteiger charge is -2.02. The largest absolute Gasteiger partial charge is 0.307 e. The van der Waals surface area contributed by atoms with Crippen molar-refractivity contribution in [1.82, 2.24) is 15.5 Å². The van der Waals surface area contributed by atoms with E-state index in [1.165, 1.54) is 11.6 Å². The smallest absolute Gasteiger partial charge is 0.126 e. The van der Waals surface area contributed by atoms with Crippen LogP contribution in [0.4, 0.5) is 4.39 Å². The molecule has 3 nitrogen and oxygen atoms in total. The van der Waals surface area contributed by atoms with Crippen LogP contribution in [-0.4, -0.2) is 10.2 Å². The number of aromatic amines is 1. The number of hydrogen-bond donors (Lipinski definition) is 2. The van der Waals surface area contributed by atoms with Crippen LogP contribution in [0.2, 0.25) is 0 Å². The number of H-pyrrole nitrogens is 1. The monoisotopic (exact) mass is 217 g/mol. The molecule has 1 aromatic carbocycles. The molecule has 4 heteroatoms. The molecule has 0 atom stereocenters. The van der Waals surface area contributed by atoms with Crippen molar-refractivity contribution in [3.05, 3.63) is 40.8 Å². The molecule has 3 rings (SSSR count). The Morgan fingerprint density at radius 1 is 1.31 bits per heavy atom. The molecule has 0 bridgehead atoms. The van der Waals surface area contributed by atoms with Gasteiger partial charge in [0.05, 0.1) is 11.4 Å². The first-order valence-corrected chi connectivity index (χ1v) is 5.29. The molecule has 2 aromatic rings. The fourth-order valence-corrected chi connectivity index (χ4v) is 2.08. The lowest BCUT2D eigenvalue weighted by Crippen LogP contribution is -2.02. The van der Waals surface area contributed by atoms with E-state index in [9.17, 15) is 4.39 Å². The van der Waals surface area contributed by atoms with Crippen LogP contribution in [0, 0.1) is 12.7 Å². The molecule has 0 saturated carbocycles. The van der Waals surface area contributed by atoms with Crippen LogP contribution in [0.25, 0.3) is 11.3 Å². The predicted molar refractivity (Wildman–Crippen MR) is 59.3 cm³/mol. The lowest BCUT2D eigenvalue weighted by molar-refractivity contribution is 0.618. The zero-order valence-corrected chi connectivity index (χ0v) is 8.97. The number of halogens is 1. The van der Waals surface area contributed by atoms with E-state index < -0.39 is 0 Å². The third-order valence-corrected chi connectivity index (χ3v) is 2.99. The molecule has 0 fully saturated rings. The van der Waals surface area contributed by atoms with E-state index in [-0.39, 0.29) is 5.82 Å². The maximum atomic E-state index is 13.2. The van der Waals surface area contributed by atoms with Gasteiger partial charge < -0.3 is 5.32 Å². The highest BCUT2D eigenvalue weighted by Crippen LogP contribution is 2.27. The zero-order valence-electron chi connectivity index (χ0n) is 8.97. The summed E-state index contributed by atoms with van der Waals surface area (Å²) < 4.78 is 13.2. The molecular weight excluding hydrogens is 205 g/mol. The van der Waals surface area contributed by atoms with Gasteiger partial charge in [-0.05, 0) is 30.7 Å². The number of aromatic nitrogens is 2. The second kappa shape index (κ2) is 3.42. The first-order valence-electron chi connectivity index (χ1n) is 5.29. The van der Waals surface area contributed by atoms with Crippen LogP contribution in [-0.2, 0) is 13.1 Å². The van der Waals surface area contributed by atoms with E-state index in [1.807, 2.05) is 6.07 Å². The minimum Gasteiger partial charge on any atom is -0.307 e. The Balaban J connectivity index is 2.11. The highest BCUT2D eigenvalue weighted by Gasteiger charge is 2.19. The Morgan fingerprint density at radius 3 is 3.00 bits per heavy atom. The van der Waals surface area contributed by atoms with Crippen LogP contribution in [0.15, 0.2) is 18.2 Å². The Labute approximate surface area is 92.7 Å². The molecule has 1 aliphatic heterocycles. The second-order valence-electron chi connectivity index (χ2n) is 4.10. The number of benzene rings is 1. The normalized spacial score (nSPS) is 14.1. The van der Waals surface area contributed by atoms with Crippen LogP contribution in [0.3, 0.4) is 0 Å². The molecule has 2 heterocycles. The predicted octanol–water partition coefficient (Wildman–Crippen LogP) is 2.13. The summed E-state index contributed by atoms with van der Waals surface area (Å²) in [6.07, 6.45) is 0. The highest BCUT2D eigenvalue weighted by molar-refractivity contribution is 5.65. The summed E-state index contributed by atoms with van der Waals surface area (Å²) in [5.41, 5.74) is 4.89. The SMILES string of the molecule is Cc1cc(-c2n[nH]c3c2CNC3)ccc1F. The van der Waals surface area contributed by atoms with E-state index in [0.717, 1.165) is 30.0 Å². The van der Waals surface area contributed by atoms with Gasteiger partial charge in [-0.25, -0.2) is 4.39 Å². The van der Waals surface area contributed by atoms with Crippen molar-refractivity contribution in [2.75, 3.05) is 0 Å². The summed E-state index contributed by atoms with van der Waals surface area (Å²) >= 11 is 0. The van der Waals surface area contributed by atoms with Gasteiger partial charge in [0.2, 0.25) is 0 Å². The van der Waals surface area contributed by atoms with E-state index >= 15 is 0 Å². The number of aryl methyl sites for hydroxylation is 1. The standard InChI is InChI=1S/C12H12FN3/c1-7-4-8(2-3-10(7)13)12-9-5-14-6-11(9)15-16-12/h2-4,14H,5-6H2,1H3,(H,15,16). The van der Waals surface area contributed by atoms with Crippen molar-refractivity contribution in [2.45, 2.75) is 20.0 Å². The summed E-state index contributed by atoms with van der Waals surface area (Å²) in [6, 6.07) is 5.11. The fourth-order valence-electron chi connectivity index (χ4n) is 2.08. The summed E-state index contributed by atoms with van der Waals surface area (Å²) in [7, 11) is 0. The maximum Gasteiger partial charge on any atom is 0.126 e. The van der Waals surface area contributed by atoms with Gasteiger partial charge in [-0.1, -0.05) is 0 Å². The Bertz CT molecular complexity index is 545. The van der Waals surface area contributed by atoms with Crippen LogP contribution in [0.1, 0.15) is 16.8 Å². The molecular formula is C12H12FN3. The number of nitrogens with zero attached hydrogens (tertiary/aromatic N) is 1. The van der Waals surface area contributed by atoms with E-state index in [0.29, 0.717) is 5.56 Å². The van der Waals surface area contributed by atoms with Crippen LogP contribution in [0.5, 0.6) is 0 Å². The molecule has 0 unspecified atom stereocenters. The minimum absolute atomic E-state index is 0.172. The van der Waals surface area contributed by atoms with Crippen LogP contribution >= 0.6 is 0 Å². The van der Waals surface area contributed by atoms with Gasteiger partial charge in [0.25, 0.3) is 0 Å². The van der Waals surface area contributed by atoms with E-state index in [1.54, 1.807) is 13.0 Å². The molecule has 0 amide bonds. The molecule has 2 N–H and O–H groups in total. The van der Waals surface area contributed by atoms with Crippen LogP contribution < -0.4 is 5.32 Å². The third-order valence-electron chi connectivity index (χ3n) is 2.99. The molecule has 16 heavy (non-hydrogen) atoms. The molecule has 0 radical (unpaired) electrons. The summed E-state index contributed by atoms with van der Waals surface area (Å²) in [5.74, 6) is -0.172. The van der Waals surface area contributed by atoms with Gasteiger partial charge >= 0.3 is 0 Å². The van der Waals surface area contributed by atoms with Gasteiger partial charge in [0.1, 0.15) is 5.82 Å². The highest BCUT2D eigenvalue weighted by atomic mass is 19.1. The molecule has 1 aromatic heterocycles. The maximum absolute atomic E-state index is 13.2. The molecule has 82 valence electrons. The Hall–Kier alpha value is -1.68. The molecule has 0 aliphatic carbocycles. The number of rotatable bonds is 1. The zero-order chi connectivity index (χ0) is 11.1.